The van der Waals surface area contributed by atoms with Gasteiger partial charge in [-0.15, -0.1) is 10.2 Å². The molecule has 1 aromatic rings. The zero-order valence-electron chi connectivity index (χ0n) is 7.14. The van der Waals surface area contributed by atoms with E-state index in [0.717, 1.165) is 25.2 Å². The molecule has 1 aliphatic rings. The summed E-state index contributed by atoms with van der Waals surface area (Å²) >= 11 is 0. The Balaban J connectivity index is 2.29. The van der Waals surface area contributed by atoms with E-state index in [2.05, 4.69) is 17.1 Å². The average Bonchev–Trinajstić information content (AvgIpc) is 2.53. The molecule has 12 heavy (non-hydrogen) atoms. The van der Waals surface area contributed by atoms with Gasteiger partial charge in [0.05, 0.1) is 0 Å². The highest BCUT2D eigenvalue weighted by Crippen LogP contribution is 2.30. The smallest absolute Gasteiger partial charge is 0.162 e. The van der Waals surface area contributed by atoms with Crippen molar-refractivity contribution in [3.05, 3.63) is 12.2 Å². The van der Waals surface area contributed by atoms with E-state index in [9.17, 15) is 5.11 Å². The lowest BCUT2D eigenvalue weighted by Gasteiger charge is -2.26. The Morgan fingerprint density at radius 2 is 2.58 bits per heavy atom. The van der Waals surface area contributed by atoms with E-state index in [-0.39, 0.29) is 0 Å². The molecule has 2 rings (SSSR count). The molecule has 1 aromatic heterocycles. The van der Waals surface area contributed by atoms with Crippen LogP contribution < -0.4 is 0 Å². The highest BCUT2D eigenvalue weighted by Gasteiger charge is 2.28. The third kappa shape index (κ3) is 1.03. The van der Waals surface area contributed by atoms with Crippen LogP contribution in [0.3, 0.4) is 0 Å². The van der Waals surface area contributed by atoms with Crippen molar-refractivity contribution < 1.29 is 5.11 Å². The van der Waals surface area contributed by atoms with Crippen molar-refractivity contribution in [3.63, 3.8) is 0 Å². The fourth-order valence-electron chi connectivity index (χ4n) is 1.77. The minimum atomic E-state index is -0.411. The Morgan fingerprint density at radius 3 is 3.33 bits per heavy atom. The van der Waals surface area contributed by atoms with Gasteiger partial charge in [-0.25, -0.2) is 0 Å². The van der Waals surface area contributed by atoms with Crippen molar-refractivity contribution in [2.24, 2.45) is 5.92 Å². The minimum Gasteiger partial charge on any atom is -0.385 e. The van der Waals surface area contributed by atoms with Gasteiger partial charge in [-0.2, -0.15) is 0 Å². The molecular formula is C8H13N3O. The molecule has 2 unspecified atom stereocenters. The number of aromatic nitrogens is 3. The minimum absolute atomic E-state index is 0.363. The Morgan fingerprint density at radius 1 is 1.75 bits per heavy atom. The molecule has 0 fully saturated rings. The van der Waals surface area contributed by atoms with E-state index in [1.54, 1.807) is 6.33 Å². The molecular weight excluding hydrogens is 154 g/mol. The van der Waals surface area contributed by atoms with Gasteiger partial charge >= 0.3 is 0 Å². The summed E-state index contributed by atoms with van der Waals surface area (Å²) in [6, 6.07) is 0. The van der Waals surface area contributed by atoms with Crippen LogP contribution in [0.1, 0.15) is 31.7 Å². The summed E-state index contributed by atoms with van der Waals surface area (Å²) in [6.45, 7) is 3.04. The lowest BCUT2D eigenvalue weighted by atomic mass is 9.92. The van der Waals surface area contributed by atoms with Crippen molar-refractivity contribution in [2.75, 3.05) is 0 Å². The molecule has 2 atom stereocenters. The third-order valence-electron chi connectivity index (χ3n) is 2.62. The second-order valence-corrected chi connectivity index (χ2v) is 3.28. The number of nitrogens with zero attached hydrogens (tertiary/aromatic N) is 3. The maximum atomic E-state index is 9.79. The highest BCUT2D eigenvalue weighted by molar-refractivity contribution is 4.97. The van der Waals surface area contributed by atoms with Crippen LogP contribution >= 0.6 is 0 Å². The first-order valence-corrected chi connectivity index (χ1v) is 4.38. The Hall–Kier alpha value is -0.900. The van der Waals surface area contributed by atoms with E-state index in [4.69, 9.17) is 0 Å². The van der Waals surface area contributed by atoms with Gasteiger partial charge in [-0.3, -0.25) is 0 Å². The summed E-state index contributed by atoms with van der Waals surface area (Å²) in [5.74, 6) is 1.09. The van der Waals surface area contributed by atoms with Crippen LogP contribution in [-0.4, -0.2) is 19.9 Å². The number of hydrogen-bond acceptors (Lipinski definition) is 3. The number of hydrogen-bond donors (Lipinski definition) is 1. The molecule has 0 saturated heterocycles. The molecule has 0 bridgehead atoms. The molecule has 0 spiro atoms. The number of aryl methyl sites for hydroxylation is 1. The van der Waals surface area contributed by atoms with Gasteiger partial charge < -0.3 is 9.67 Å². The largest absolute Gasteiger partial charge is 0.385 e. The SMILES string of the molecule is CCC1CCn2cnnc2C1O. The first-order valence-electron chi connectivity index (χ1n) is 4.38. The van der Waals surface area contributed by atoms with Crippen LogP contribution in [0.5, 0.6) is 0 Å². The summed E-state index contributed by atoms with van der Waals surface area (Å²) in [6.07, 6.45) is 3.31. The number of rotatable bonds is 1. The van der Waals surface area contributed by atoms with Gasteiger partial charge in [0.1, 0.15) is 12.4 Å². The summed E-state index contributed by atoms with van der Waals surface area (Å²) in [7, 11) is 0. The van der Waals surface area contributed by atoms with Gasteiger partial charge in [0.25, 0.3) is 0 Å². The van der Waals surface area contributed by atoms with E-state index < -0.39 is 6.10 Å². The van der Waals surface area contributed by atoms with Crippen molar-refractivity contribution >= 4 is 0 Å². The number of fused-ring (bicyclic) bond motifs is 1. The van der Waals surface area contributed by atoms with Crippen LogP contribution in [0, 0.1) is 5.92 Å². The van der Waals surface area contributed by atoms with E-state index >= 15 is 0 Å². The highest BCUT2D eigenvalue weighted by atomic mass is 16.3. The summed E-state index contributed by atoms with van der Waals surface area (Å²) in [5.41, 5.74) is 0. The fourth-order valence-corrected chi connectivity index (χ4v) is 1.77. The van der Waals surface area contributed by atoms with Gasteiger partial charge in [0, 0.05) is 6.54 Å². The lowest BCUT2D eigenvalue weighted by Crippen LogP contribution is -2.24. The Kier molecular flexibility index (Phi) is 1.84. The van der Waals surface area contributed by atoms with Crippen molar-refractivity contribution in [1.29, 1.82) is 0 Å². The third-order valence-corrected chi connectivity index (χ3v) is 2.62. The molecule has 2 heterocycles. The summed E-state index contributed by atoms with van der Waals surface area (Å²) in [4.78, 5) is 0. The number of aliphatic hydroxyl groups is 1. The average molecular weight is 167 g/mol. The standard InChI is InChI=1S/C8H13N3O/c1-2-6-3-4-11-5-9-10-8(11)7(6)12/h5-7,12H,2-4H2,1H3. The van der Waals surface area contributed by atoms with Crippen LogP contribution in [0.15, 0.2) is 6.33 Å². The first-order chi connectivity index (χ1) is 5.83. The van der Waals surface area contributed by atoms with E-state index in [1.807, 2.05) is 4.57 Å². The topological polar surface area (TPSA) is 50.9 Å². The fraction of sp³-hybridized carbons (Fsp3) is 0.750. The zero-order valence-corrected chi connectivity index (χ0v) is 7.14. The van der Waals surface area contributed by atoms with Gasteiger partial charge in [0.15, 0.2) is 5.82 Å². The number of aliphatic hydroxyl groups excluding tert-OH is 1. The quantitative estimate of drug-likeness (QED) is 0.671. The predicted molar refractivity (Wildman–Crippen MR) is 43.4 cm³/mol. The van der Waals surface area contributed by atoms with E-state index in [1.165, 1.54) is 0 Å². The van der Waals surface area contributed by atoms with Crippen LogP contribution in [0.25, 0.3) is 0 Å². The molecule has 4 nitrogen and oxygen atoms in total. The monoisotopic (exact) mass is 167 g/mol. The van der Waals surface area contributed by atoms with Crippen molar-refractivity contribution in [3.8, 4) is 0 Å². The summed E-state index contributed by atoms with van der Waals surface area (Å²) < 4.78 is 1.93. The van der Waals surface area contributed by atoms with Gasteiger partial charge in [-0.1, -0.05) is 13.3 Å². The van der Waals surface area contributed by atoms with Crippen LogP contribution in [-0.2, 0) is 6.54 Å². The molecule has 0 radical (unpaired) electrons. The normalized spacial score (nSPS) is 28.5. The Bertz CT molecular complexity index is 271. The van der Waals surface area contributed by atoms with E-state index in [0.29, 0.717) is 5.92 Å². The van der Waals surface area contributed by atoms with Gasteiger partial charge in [-0.05, 0) is 12.3 Å². The molecule has 0 amide bonds. The second-order valence-electron chi connectivity index (χ2n) is 3.28. The zero-order chi connectivity index (χ0) is 8.55. The lowest BCUT2D eigenvalue weighted by molar-refractivity contribution is 0.0693. The molecule has 1 N–H and O–H groups in total. The second kappa shape index (κ2) is 2.86. The molecule has 0 saturated carbocycles. The van der Waals surface area contributed by atoms with Crippen LogP contribution in [0.2, 0.25) is 0 Å². The van der Waals surface area contributed by atoms with Crippen molar-refractivity contribution in [2.45, 2.75) is 32.4 Å². The predicted octanol–water partition coefficient (Wildman–Crippen LogP) is 0.741. The Labute approximate surface area is 71.2 Å². The molecule has 0 aromatic carbocycles. The maximum absolute atomic E-state index is 9.79. The van der Waals surface area contributed by atoms with Crippen LogP contribution in [0.4, 0.5) is 0 Å². The molecule has 1 aliphatic heterocycles. The first kappa shape index (κ1) is 7.73. The summed E-state index contributed by atoms with van der Waals surface area (Å²) in [5, 5.41) is 17.5. The van der Waals surface area contributed by atoms with Crippen molar-refractivity contribution in [1.82, 2.24) is 14.8 Å². The van der Waals surface area contributed by atoms with Gasteiger partial charge in [0.2, 0.25) is 0 Å². The molecule has 0 aliphatic carbocycles. The maximum Gasteiger partial charge on any atom is 0.162 e. The molecule has 66 valence electrons. The molecule has 4 heteroatoms.